The second-order valence-corrected chi connectivity index (χ2v) is 5.41. The maximum Gasteiger partial charge on any atom is 0.253 e. The maximum atomic E-state index is 12.3. The minimum absolute atomic E-state index is 0.144. The minimum atomic E-state index is 0.144. The summed E-state index contributed by atoms with van der Waals surface area (Å²) >= 11 is 1.71. The molecule has 1 aliphatic heterocycles. The van der Waals surface area contributed by atoms with Crippen molar-refractivity contribution in [3.63, 3.8) is 0 Å². The summed E-state index contributed by atoms with van der Waals surface area (Å²) in [5.74, 6) is 0.144. The van der Waals surface area contributed by atoms with Gasteiger partial charge in [-0.05, 0) is 23.6 Å². The van der Waals surface area contributed by atoms with Gasteiger partial charge in [0, 0.05) is 42.8 Å². The quantitative estimate of drug-likeness (QED) is 0.839. The van der Waals surface area contributed by atoms with Crippen molar-refractivity contribution >= 4 is 22.9 Å². The number of benzene rings is 1. The average Bonchev–Trinajstić information content (AvgIpc) is 3.02. The van der Waals surface area contributed by atoms with Crippen molar-refractivity contribution in [3.05, 3.63) is 52.7 Å². The Morgan fingerprint density at radius 3 is 2.37 bits per heavy atom. The fraction of sp³-hybridized carbons (Fsp3) is 0.267. The number of hydrogen-bond donors (Lipinski definition) is 0. The summed E-state index contributed by atoms with van der Waals surface area (Å²) in [7, 11) is 0. The van der Waals surface area contributed by atoms with Crippen LogP contribution in [0.25, 0.3) is 0 Å². The molecule has 3 nitrogen and oxygen atoms in total. The van der Waals surface area contributed by atoms with Gasteiger partial charge in [0.05, 0.1) is 0 Å². The van der Waals surface area contributed by atoms with Gasteiger partial charge in [0.15, 0.2) is 0 Å². The lowest BCUT2D eigenvalue weighted by Crippen LogP contribution is -2.48. The molecule has 98 valence electrons. The molecule has 0 unspecified atom stereocenters. The van der Waals surface area contributed by atoms with Crippen LogP contribution in [-0.4, -0.2) is 37.0 Å². The van der Waals surface area contributed by atoms with Gasteiger partial charge in [-0.2, -0.15) is 11.3 Å². The van der Waals surface area contributed by atoms with Crippen LogP contribution < -0.4 is 4.90 Å². The number of nitrogens with zero attached hydrogens (tertiary/aromatic N) is 2. The zero-order valence-corrected chi connectivity index (χ0v) is 11.5. The van der Waals surface area contributed by atoms with Gasteiger partial charge in [0.25, 0.3) is 5.91 Å². The highest BCUT2D eigenvalue weighted by atomic mass is 32.1. The van der Waals surface area contributed by atoms with Gasteiger partial charge >= 0.3 is 0 Å². The van der Waals surface area contributed by atoms with Gasteiger partial charge in [-0.1, -0.05) is 18.2 Å². The molecule has 1 saturated heterocycles. The molecule has 1 aromatic carbocycles. The lowest BCUT2D eigenvalue weighted by Gasteiger charge is -2.35. The van der Waals surface area contributed by atoms with Gasteiger partial charge in [0.1, 0.15) is 0 Å². The number of hydrogen-bond acceptors (Lipinski definition) is 3. The van der Waals surface area contributed by atoms with E-state index in [2.05, 4.69) is 21.7 Å². The fourth-order valence-corrected chi connectivity index (χ4v) is 3.03. The summed E-state index contributed by atoms with van der Waals surface area (Å²) < 4.78 is 0. The Kier molecular flexibility index (Phi) is 3.51. The van der Waals surface area contributed by atoms with Crippen molar-refractivity contribution in [1.82, 2.24) is 4.90 Å². The fourth-order valence-electron chi connectivity index (χ4n) is 2.37. The highest BCUT2D eigenvalue weighted by molar-refractivity contribution is 7.08. The summed E-state index contributed by atoms with van der Waals surface area (Å²) in [5, 5.41) is 4.26. The first-order valence-corrected chi connectivity index (χ1v) is 7.40. The highest BCUT2D eigenvalue weighted by Crippen LogP contribution is 2.20. The lowest BCUT2D eigenvalue weighted by atomic mass is 10.2. The molecule has 0 atom stereocenters. The number of carbonyl (C=O) groups excluding carboxylic acids is 1. The van der Waals surface area contributed by atoms with E-state index in [-0.39, 0.29) is 5.91 Å². The molecule has 0 N–H and O–H groups in total. The molecule has 3 rings (SSSR count). The smallest absolute Gasteiger partial charge is 0.253 e. The van der Waals surface area contributed by atoms with Crippen molar-refractivity contribution in [2.75, 3.05) is 31.1 Å². The monoisotopic (exact) mass is 272 g/mol. The average molecular weight is 272 g/mol. The molecule has 0 bridgehead atoms. The molecule has 1 aromatic heterocycles. The van der Waals surface area contributed by atoms with E-state index in [0.29, 0.717) is 0 Å². The van der Waals surface area contributed by atoms with Gasteiger partial charge in [0.2, 0.25) is 0 Å². The van der Waals surface area contributed by atoms with Crippen LogP contribution in [0.2, 0.25) is 0 Å². The van der Waals surface area contributed by atoms with Gasteiger partial charge in [-0.15, -0.1) is 0 Å². The standard InChI is InChI=1S/C15H16N2OS/c18-15(13-4-2-1-3-5-13)17-9-7-16(8-10-17)14-6-11-19-12-14/h1-6,11-12H,7-10H2. The van der Waals surface area contributed by atoms with E-state index in [1.807, 2.05) is 35.2 Å². The van der Waals surface area contributed by atoms with E-state index in [0.717, 1.165) is 31.7 Å². The Hall–Kier alpha value is -1.81. The normalized spacial score (nSPS) is 15.6. The molecule has 2 aromatic rings. The van der Waals surface area contributed by atoms with E-state index < -0.39 is 0 Å². The Morgan fingerprint density at radius 1 is 1.00 bits per heavy atom. The maximum absolute atomic E-state index is 12.3. The van der Waals surface area contributed by atoms with Crippen LogP contribution in [-0.2, 0) is 0 Å². The van der Waals surface area contributed by atoms with E-state index >= 15 is 0 Å². The van der Waals surface area contributed by atoms with Crippen LogP contribution in [0, 0.1) is 0 Å². The van der Waals surface area contributed by atoms with E-state index in [1.165, 1.54) is 5.69 Å². The predicted octanol–water partition coefficient (Wildman–Crippen LogP) is 2.71. The molecule has 1 aliphatic rings. The Labute approximate surface area is 117 Å². The Balaban J connectivity index is 1.63. The number of anilines is 1. The van der Waals surface area contributed by atoms with Crippen molar-refractivity contribution in [1.29, 1.82) is 0 Å². The first-order chi connectivity index (χ1) is 9.34. The second kappa shape index (κ2) is 5.45. The van der Waals surface area contributed by atoms with E-state index in [9.17, 15) is 4.79 Å². The molecular weight excluding hydrogens is 256 g/mol. The molecule has 0 aliphatic carbocycles. The minimum Gasteiger partial charge on any atom is -0.367 e. The van der Waals surface area contributed by atoms with Crippen LogP contribution in [0.1, 0.15) is 10.4 Å². The van der Waals surface area contributed by atoms with Crippen molar-refractivity contribution in [2.24, 2.45) is 0 Å². The largest absolute Gasteiger partial charge is 0.367 e. The summed E-state index contributed by atoms with van der Waals surface area (Å²) in [6, 6.07) is 11.7. The third-order valence-corrected chi connectivity index (χ3v) is 4.13. The van der Waals surface area contributed by atoms with Gasteiger partial charge in [-0.3, -0.25) is 4.79 Å². The molecule has 2 heterocycles. The molecular formula is C15H16N2OS. The first kappa shape index (κ1) is 12.2. The van der Waals surface area contributed by atoms with Crippen molar-refractivity contribution in [3.8, 4) is 0 Å². The predicted molar refractivity (Wildman–Crippen MR) is 78.9 cm³/mol. The third kappa shape index (κ3) is 2.63. The lowest BCUT2D eigenvalue weighted by molar-refractivity contribution is 0.0747. The van der Waals surface area contributed by atoms with Crippen LogP contribution in [0.15, 0.2) is 47.2 Å². The number of carbonyl (C=O) groups is 1. The van der Waals surface area contributed by atoms with Crippen molar-refractivity contribution < 1.29 is 4.79 Å². The molecule has 4 heteroatoms. The zero-order valence-electron chi connectivity index (χ0n) is 10.7. The SMILES string of the molecule is O=C(c1ccccc1)N1CCN(c2ccsc2)CC1. The van der Waals surface area contributed by atoms with Crippen LogP contribution >= 0.6 is 11.3 Å². The summed E-state index contributed by atoms with van der Waals surface area (Å²) in [6.07, 6.45) is 0. The van der Waals surface area contributed by atoms with Crippen LogP contribution in [0.3, 0.4) is 0 Å². The molecule has 19 heavy (non-hydrogen) atoms. The first-order valence-electron chi connectivity index (χ1n) is 6.46. The Bertz CT molecular complexity index is 531. The number of amides is 1. The van der Waals surface area contributed by atoms with Gasteiger partial charge in [-0.25, -0.2) is 0 Å². The second-order valence-electron chi connectivity index (χ2n) is 4.63. The molecule has 1 fully saturated rings. The van der Waals surface area contributed by atoms with Crippen LogP contribution in [0.4, 0.5) is 5.69 Å². The number of rotatable bonds is 2. The molecule has 0 radical (unpaired) electrons. The summed E-state index contributed by atoms with van der Waals surface area (Å²) in [5.41, 5.74) is 2.06. The molecule has 0 spiro atoms. The highest BCUT2D eigenvalue weighted by Gasteiger charge is 2.22. The number of thiophene rings is 1. The summed E-state index contributed by atoms with van der Waals surface area (Å²) in [4.78, 5) is 16.6. The third-order valence-electron chi connectivity index (χ3n) is 3.46. The topological polar surface area (TPSA) is 23.6 Å². The number of piperazine rings is 1. The van der Waals surface area contributed by atoms with Crippen LogP contribution in [0.5, 0.6) is 0 Å². The van der Waals surface area contributed by atoms with E-state index in [4.69, 9.17) is 0 Å². The molecule has 1 amide bonds. The molecule has 0 saturated carbocycles. The zero-order chi connectivity index (χ0) is 13.1. The van der Waals surface area contributed by atoms with Crippen molar-refractivity contribution in [2.45, 2.75) is 0 Å². The van der Waals surface area contributed by atoms with E-state index in [1.54, 1.807) is 11.3 Å². The Morgan fingerprint density at radius 2 is 1.74 bits per heavy atom. The van der Waals surface area contributed by atoms with Gasteiger partial charge < -0.3 is 9.80 Å². The summed E-state index contributed by atoms with van der Waals surface area (Å²) in [6.45, 7) is 3.41.